The van der Waals surface area contributed by atoms with Gasteiger partial charge >= 0.3 is 0 Å². The van der Waals surface area contributed by atoms with Crippen LogP contribution in [0.5, 0.6) is 5.75 Å². The number of nitrogens with one attached hydrogen (secondary N) is 1. The van der Waals surface area contributed by atoms with Gasteiger partial charge in [-0.2, -0.15) is 0 Å². The van der Waals surface area contributed by atoms with E-state index in [1.807, 2.05) is 0 Å². The Labute approximate surface area is 118 Å². The summed E-state index contributed by atoms with van der Waals surface area (Å²) in [4.78, 5) is 11.0. The standard InChI is InChI=1S/C13H19NO5S/c1-9(2)8-12(13(15)16)14-20(17,18)11-6-4-10(19-3)5-7-11/h4-7,9,12,14H,8H2,1-3H3,(H,15,16)/p-1/t12-/m1/s1. The van der Waals surface area contributed by atoms with Crippen molar-refractivity contribution in [2.24, 2.45) is 5.92 Å². The molecule has 0 amide bonds. The lowest BCUT2D eigenvalue weighted by atomic mass is 10.1. The summed E-state index contributed by atoms with van der Waals surface area (Å²) >= 11 is 0. The van der Waals surface area contributed by atoms with Crippen LogP contribution in [0.1, 0.15) is 20.3 Å². The molecule has 0 aromatic heterocycles. The van der Waals surface area contributed by atoms with Crippen LogP contribution < -0.4 is 14.6 Å². The number of carboxylic acids is 1. The highest BCUT2D eigenvalue weighted by Gasteiger charge is 2.21. The van der Waals surface area contributed by atoms with E-state index < -0.39 is 22.0 Å². The van der Waals surface area contributed by atoms with Gasteiger partial charge in [0, 0.05) is 0 Å². The van der Waals surface area contributed by atoms with E-state index in [2.05, 4.69) is 4.72 Å². The van der Waals surface area contributed by atoms with Crippen molar-refractivity contribution in [1.29, 1.82) is 0 Å². The maximum atomic E-state index is 12.1. The number of sulfonamides is 1. The molecule has 0 spiro atoms. The molecule has 0 fully saturated rings. The Bertz CT molecular complexity index is 551. The van der Waals surface area contributed by atoms with Gasteiger partial charge in [-0.05, 0) is 36.6 Å². The van der Waals surface area contributed by atoms with Gasteiger partial charge < -0.3 is 14.6 Å². The van der Waals surface area contributed by atoms with E-state index in [4.69, 9.17) is 4.74 Å². The summed E-state index contributed by atoms with van der Waals surface area (Å²) in [7, 11) is -2.43. The number of rotatable bonds is 7. The Morgan fingerprint density at radius 1 is 1.30 bits per heavy atom. The maximum absolute atomic E-state index is 12.1. The number of hydrogen-bond acceptors (Lipinski definition) is 5. The summed E-state index contributed by atoms with van der Waals surface area (Å²) in [6.07, 6.45) is 0.164. The van der Waals surface area contributed by atoms with Crippen LogP contribution in [-0.2, 0) is 14.8 Å². The predicted molar refractivity (Wildman–Crippen MR) is 71.6 cm³/mol. The number of carboxylic acid groups (broad SMARTS) is 1. The number of methoxy groups -OCH3 is 1. The van der Waals surface area contributed by atoms with E-state index in [0.717, 1.165) is 0 Å². The fourth-order valence-electron chi connectivity index (χ4n) is 1.67. The Balaban J connectivity index is 2.93. The Morgan fingerprint density at radius 3 is 2.25 bits per heavy atom. The zero-order valence-corrected chi connectivity index (χ0v) is 12.4. The molecule has 7 heteroatoms. The molecular formula is C13H18NO5S-. The molecule has 0 bridgehead atoms. The van der Waals surface area contributed by atoms with Crippen molar-refractivity contribution in [3.8, 4) is 5.75 Å². The monoisotopic (exact) mass is 300 g/mol. The first-order chi connectivity index (χ1) is 9.26. The summed E-state index contributed by atoms with van der Waals surface area (Å²) in [6.45, 7) is 3.61. The molecule has 0 aliphatic carbocycles. The number of carbonyl (C=O) groups excluding carboxylic acids is 1. The van der Waals surface area contributed by atoms with Gasteiger partial charge in [0.15, 0.2) is 0 Å². The largest absolute Gasteiger partial charge is 0.548 e. The molecule has 0 saturated carbocycles. The topological polar surface area (TPSA) is 95.5 Å². The lowest BCUT2D eigenvalue weighted by molar-refractivity contribution is -0.308. The van der Waals surface area contributed by atoms with Crippen LogP contribution in [0.2, 0.25) is 0 Å². The average molecular weight is 300 g/mol. The van der Waals surface area contributed by atoms with Crippen molar-refractivity contribution in [3.05, 3.63) is 24.3 Å². The van der Waals surface area contributed by atoms with E-state index >= 15 is 0 Å². The molecule has 0 aliphatic rings. The van der Waals surface area contributed by atoms with E-state index in [0.29, 0.717) is 5.75 Å². The molecule has 1 atom stereocenters. The van der Waals surface area contributed by atoms with E-state index in [1.165, 1.54) is 31.4 Å². The van der Waals surface area contributed by atoms with Gasteiger partial charge in [0.25, 0.3) is 0 Å². The van der Waals surface area contributed by atoms with Crippen molar-refractivity contribution < 1.29 is 23.1 Å². The molecule has 112 valence electrons. The molecule has 1 aromatic carbocycles. The van der Waals surface area contributed by atoms with Crippen molar-refractivity contribution in [3.63, 3.8) is 0 Å². The van der Waals surface area contributed by atoms with Crippen LogP contribution in [0.15, 0.2) is 29.2 Å². The first-order valence-corrected chi connectivity index (χ1v) is 7.62. The van der Waals surface area contributed by atoms with Gasteiger partial charge in [0.05, 0.1) is 24.0 Å². The molecule has 0 unspecified atom stereocenters. The molecule has 20 heavy (non-hydrogen) atoms. The minimum Gasteiger partial charge on any atom is -0.548 e. The maximum Gasteiger partial charge on any atom is 0.241 e. The SMILES string of the molecule is COc1ccc(S(=O)(=O)N[C@H](CC(C)C)C(=O)[O-])cc1. The number of aliphatic carboxylic acids is 1. The summed E-state index contributed by atoms with van der Waals surface area (Å²) in [5.74, 6) is -0.894. The molecule has 1 aromatic rings. The molecule has 0 heterocycles. The number of hydrogen-bond donors (Lipinski definition) is 1. The minimum absolute atomic E-state index is 0.0201. The molecule has 1 rings (SSSR count). The Morgan fingerprint density at radius 2 is 1.85 bits per heavy atom. The second-order valence-electron chi connectivity index (χ2n) is 4.80. The third-order valence-electron chi connectivity index (χ3n) is 2.66. The molecule has 1 N–H and O–H groups in total. The second-order valence-corrected chi connectivity index (χ2v) is 6.51. The van der Waals surface area contributed by atoms with Crippen molar-refractivity contribution >= 4 is 16.0 Å². The average Bonchev–Trinajstić information content (AvgIpc) is 2.37. The number of ether oxygens (including phenoxy) is 1. The third-order valence-corrected chi connectivity index (χ3v) is 4.15. The first kappa shape index (κ1) is 16.5. The second kappa shape index (κ2) is 6.71. The molecule has 6 nitrogen and oxygen atoms in total. The predicted octanol–water partition coefficient (Wildman–Crippen LogP) is 0.138. The third kappa shape index (κ3) is 4.50. The molecule has 0 aliphatic heterocycles. The fraction of sp³-hybridized carbons (Fsp3) is 0.462. The zero-order chi connectivity index (χ0) is 15.3. The van der Waals surface area contributed by atoms with E-state index in [1.54, 1.807) is 13.8 Å². The summed E-state index contributed by atoms with van der Waals surface area (Å²) in [5.41, 5.74) is 0. The fourth-order valence-corrected chi connectivity index (χ4v) is 2.87. The Hall–Kier alpha value is -1.60. The molecular weight excluding hydrogens is 282 g/mol. The molecule has 0 radical (unpaired) electrons. The quantitative estimate of drug-likeness (QED) is 0.772. The smallest absolute Gasteiger partial charge is 0.241 e. The highest BCUT2D eigenvalue weighted by atomic mass is 32.2. The van der Waals surface area contributed by atoms with Crippen LogP contribution in [0.3, 0.4) is 0 Å². The van der Waals surface area contributed by atoms with Crippen LogP contribution >= 0.6 is 0 Å². The lowest BCUT2D eigenvalue weighted by Crippen LogP contribution is -2.48. The van der Waals surface area contributed by atoms with Gasteiger partial charge in [-0.15, -0.1) is 0 Å². The summed E-state index contributed by atoms with van der Waals surface area (Å²) in [6, 6.07) is 4.43. The van der Waals surface area contributed by atoms with Gasteiger partial charge in [-0.25, -0.2) is 13.1 Å². The van der Waals surface area contributed by atoms with Crippen LogP contribution in [0.25, 0.3) is 0 Å². The summed E-state index contributed by atoms with van der Waals surface area (Å²) in [5, 5.41) is 11.0. The van der Waals surface area contributed by atoms with Gasteiger partial charge in [0.2, 0.25) is 10.0 Å². The summed E-state index contributed by atoms with van der Waals surface area (Å²) < 4.78 is 31.3. The zero-order valence-electron chi connectivity index (χ0n) is 11.6. The first-order valence-electron chi connectivity index (χ1n) is 6.13. The van der Waals surface area contributed by atoms with Crippen LogP contribution in [0, 0.1) is 5.92 Å². The van der Waals surface area contributed by atoms with Gasteiger partial charge in [0.1, 0.15) is 5.75 Å². The highest BCUT2D eigenvalue weighted by molar-refractivity contribution is 7.89. The van der Waals surface area contributed by atoms with Crippen LogP contribution in [0.4, 0.5) is 0 Å². The highest BCUT2D eigenvalue weighted by Crippen LogP contribution is 2.16. The van der Waals surface area contributed by atoms with Gasteiger partial charge in [-0.1, -0.05) is 13.8 Å². The Kier molecular flexibility index (Phi) is 5.52. The molecule has 0 saturated heterocycles. The van der Waals surface area contributed by atoms with E-state index in [9.17, 15) is 18.3 Å². The number of carbonyl (C=O) groups is 1. The van der Waals surface area contributed by atoms with Crippen molar-refractivity contribution in [2.75, 3.05) is 7.11 Å². The van der Waals surface area contributed by atoms with E-state index in [-0.39, 0.29) is 17.2 Å². The minimum atomic E-state index is -3.90. The number of benzene rings is 1. The normalized spacial score (nSPS) is 13.2. The van der Waals surface area contributed by atoms with Crippen LogP contribution in [-0.4, -0.2) is 27.5 Å². The van der Waals surface area contributed by atoms with Crippen molar-refractivity contribution in [2.45, 2.75) is 31.2 Å². The lowest BCUT2D eigenvalue weighted by Gasteiger charge is -2.21. The van der Waals surface area contributed by atoms with Crippen molar-refractivity contribution in [1.82, 2.24) is 4.72 Å². The van der Waals surface area contributed by atoms with Gasteiger partial charge in [-0.3, -0.25) is 0 Å².